The Labute approximate surface area is 121 Å². The first-order valence-electron chi connectivity index (χ1n) is 6.56. The van der Waals surface area contributed by atoms with E-state index in [1.807, 2.05) is 13.8 Å². The van der Waals surface area contributed by atoms with Gasteiger partial charge >= 0.3 is 5.97 Å². The molecule has 0 fully saturated rings. The number of hydrogen-bond acceptors (Lipinski definition) is 4. The molecule has 0 bridgehead atoms. The first kappa shape index (κ1) is 16.9. The number of esters is 1. The van der Waals surface area contributed by atoms with Crippen molar-refractivity contribution in [2.24, 2.45) is 0 Å². The smallest absolute Gasteiger partial charge is 0.341 e. The maximum Gasteiger partial charge on any atom is 0.341 e. The van der Waals surface area contributed by atoms with Gasteiger partial charge in [0.1, 0.15) is 11.6 Å². The van der Waals surface area contributed by atoms with Crippen molar-refractivity contribution in [1.29, 1.82) is 0 Å². The Morgan fingerprint density at radius 2 is 2.00 bits per heavy atom. The van der Waals surface area contributed by atoms with Gasteiger partial charge in [-0.05, 0) is 19.4 Å². The molecule has 116 valence electrons. The van der Waals surface area contributed by atoms with Crippen molar-refractivity contribution in [2.45, 2.75) is 32.7 Å². The highest BCUT2D eigenvalue weighted by Gasteiger charge is 2.18. The van der Waals surface area contributed by atoms with Crippen LogP contribution in [0.3, 0.4) is 0 Å². The van der Waals surface area contributed by atoms with E-state index in [1.165, 1.54) is 0 Å². The van der Waals surface area contributed by atoms with Crippen LogP contribution in [0.15, 0.2) is 12.1 Å². The Bertz CT molecular complexity index is 535. The predicted molar refractivity (Wildman–Crippen MR) is 73.6 cm³/mol. The molecular formula is C14H18F2N2O3. The Balaban J connectivity index is 2.58. The summed E-state index contributed by atoms with van der Waals surface area (Å²) in [6.07, 6.45) is 1.69. The number of anilines is 1. The fourth-order valence-electron chi connectivity index (χ4n) is 1.75. The highest BCUT2D eigenvalue weighted by atomic mass is 19.1. The van der Waals surface area contributed by atoms with Crippen LogP contribution in [0.1, 0.15) is 37.0 Å². The van der Waals surface area contributed by atoms with Gasteiger partial charge < -0.3 is 15.8 Å². The summed E-state index contributed by atoms with van der Waals surface area (Å²) >= 11 is 0. The van der Waals surface area contributed by atoms with Crippen LogP contribution < -0.4 is 11.1 Å². The lowest BCUT2D eigenvalue weighted by molar-refractivity contribution is -0.124. The van der Waals surface area contributed by atoms with Gasteiger partial charge in [-0.1, -0.05) is 13.3 Å². The molecule has 5 nitrogen and oxygen atoms in total. The van der Waals surface area contributed by atoms with Gasteiger partial charge in [0.15, 0.2) is 6.61 Å². The second-order valence-electron chi connectivity index (χ2n) is 4.69. The van der Waals surface area contributed by atoms with E-state index in [0.717, 1.165) is 12.8 Å². The van der Waals surface area contributed by atoms with Crippen molar-refractivity contribution >= 4 is 17.6 Å². The van der Waals surface area contributed by atoms with Crippen molar-refractivity contribution < 1.29 is 23.1 Å². The maximum atomic E-state index is 13.5. The zero-order chi connectivity index (χ0) is 16.0. The van der Waals surface area contributed by atoms with E-state index in [1.54, 1.807) is 0 Å². The molecule has 0 spiro atoms. The fraction of sp³-hybridized carbons (Fsp3) is 0.429. The number of hydrogen-bond donors (Lipinski definition) is 2. The SMILES string of the molecule is CCCC(C)NC(=O)COC(=O)c1cc(F)c(N)cc1F. The minimum absolute atomic E-state index is 0.0492. The summed E-state index contributed by atoms with van der Waals surface area (Å²) < 4.78 is 31.3. The number of carbonyl (C=O) groups excluding carboxylic acids is 2. The van der Waals surface area contributed by atoms with E-state index < -0.39 is 41.4 Å². The quantitative estimate of drug-likeness (QED) is 0.622. The first-order valence-corrected chi connectivity index (χ1v) is 6.56. The average molecular weight is 300 g/mol. The van der Waals surface area contributed by atoms with Crippen LogP contribution in [0.25, 0.3) is 0 Å². The number of nitrogens with one attached hydrogen (secondary N) is 1. The molecule has 1 aromatic rings. The van der Waals surface area contributed by atoms with Crippen LogP contribution in [-0.4, -0.2) is 24.5 Å². The normalized spacial score (nSPS) is 11.8. The Hall–Kier alpha value is -2.18. The summed E-state index contributed by atoms with van der Waals surface area (Å²) in [5.74, 6) is -3.55. The fourth-order valence-corrected chi connectivity index (χ4v) is 1.75. The molecule has 0 aliphatic carbocycles. The minimum Gasteiger partial charge on any atom is -0.452 e. The summed E-state index contributed by atoms with van der Waals surface area (Å²) in [7, 11) is 0. The van der Waals surface area contributed by atoms with Gasteiger partial charge in [0.25, 0.3) is 5.91 Å². The third kappa shape index (κ3) is 5.02. The Morgan fingerprint density at radius 3 is 2.62 bits per heavy atom. The van der Waals surface area contributed by atoms with E-state index in [0.29, 0.717) is 12.1 Å². The van der Waals surface area contributed by atoms with Crippen molar-refractivity contribution in [1.82, 2.24) is 5.32 Å². The molecule has 1 rings (SSSR count). The molecule has 1 unspecified atom stereocenters. The molecule has 0 heterocycles. The largest absolute Gasteiger partial charge is 0.452 e. The monoisotopic (exact) mass is 300 g/mol. The number of benzene rings is 1. The highest BCUT2D eigenvalue weighted by Crippen LogP contribution is 2.17. The number of nitrogens with two attached hydrogens (primary N) is 1. The molecule has 0 aliphatic heterocycles. The third-order valence-electron chi connectivity index (χ3n) is 2.77. The molecule has 1 aromatic carbocycles. The van der Waals surface area contributed by atoms with Crippen molar-refractivity contribution in [3.63, 3.8) is 0 Å². The molecule has 0 aliphatic rings. The van der Waals surface area contributed by atoms with Gasteiger partial charge in [0.2, 0.25) is 0 Å². The summed E-state index contributed by atoms with van der Waals surface area (Å²) in [5, 5.41) is 2.62. The summed E-state index contributed by atoms with van der Waals surface area (Å²) in [4.78, 5) is 23.1. The summed E-state index contributed by atoms with van der Waals surface area (Å²) in [6.45, 7) is 3.23. The van der Waals surface area contributed by atoms with Gasteiger partial charge in [0.05, 0.1) is 11.3 Å². The Morgan fingerprint density at radius 1 is 1.33 bits per heavy atom. The number of ether oxygens (including phenoxy) is 1. The number of nitrogen functional groups attached to an aromatic ring is 1. The molecular weight excluding hydrogens is 282 g/mol. The lowest BCUT2D eigenvalue weighted by atomic mass is 10.2. The first-order chi connectivity index (χ1) is 9.85. The summed E-state index contributed by atoms with van der Waals surface area (Å²) in [5.41, 5.74) is 4.16. The Kier molecular flexibility index (Phi) is 6.08. The maximum absolute atomic E-state index is 13.5. The molecule has 1 atom stereocenters. The van der Waals surface area contributed by atoms with Gasteiger partial charge in [-0.25, -0.2) is 13.6 Å². The van der Waals surface area contributed by atoms with E-state index in [-0.39, 0.29) is 6.04 Å². The molecule has 0 radical (unpaired) electrons. The van der Waals surface area contributed by atoms with Crippen LogP contribution in [-0.2, 0) is 9.53 Å². The van der Waals surface area contributed by atoms with Gasteiger partial charge in [-0.2, -0.15) is 0 Å². The van der Waals surface area contributed by atoms with Crippen LogP contribution in [0.4, 0.5) is 14.5 Å². The third-order valence-corrected chi connectivity index (χ3v) is 2.77. The molecule has 3 N–H and O–H groups in total. The molecule has 0 saturated carbocycles. The van der Waals surface area contributed by atoms with E-state index in [2.05, 4.69) is 10.1 Å². The number of rotatable bonds is 6. The topological polar surface area (TPSA) is 81.4 Å². The zero-order valence-corrected chi connectivity index (χ0v) is 11.9. The predicted octanol–water partition coefficient (Wildman–Crippen LogP) is 2.01. The van der Waals surface area contributed by atoms with E-state index >= 15 is 0 Å². The minimum atomic E-state index is -1.12. The van der Waals surface area contributed by atoms with E-state index in [4.69, 9.17) is 5.73 Å². The number of halogens is 2. The van der Waals surface area contributed by atoms with E-state index in [9.17, 15) is 18.4 Å². The van der Waals surface area contributed by atoms with Crippen molar-refractivity contribution in [2.75, 3.05) is 12.3 Å². The lowest BCUT2D eigenvalue weighted by Crippen LogP contribution is -2.35. The van der Waals surface area contributed by atoms with Gasteiger partial charge in [-0.3, -0.25) is 4.79 Å². The van der Waals surface area contributed by atoms with Gasteiger partial charge in [-0.15, -0.1) is 0 Å². The summed E-state index contributed by atoms with van der Waals surface area (Å²) in [6, 6.07) is 1.28. The van der Waals surface area contributed by atoms with Crippen LogP contribution >= 0.6 is 0 Å². The average Bonchev–Trinajstić information content (AvgIpc) is 2.40. The molecule has 21 heavy (non-hydrogen) atoms. The number of amides is 1. The second kappa shape index (κ2) is 7.56. The van der Waals surface area contributed by atoms with Gasteiger partial charge in [0, 0.05) is 12.1 Å². The van der Waals surface area contributed by atoms with Crippen molar-refractivity contribution in [3.05, 3.63) is 29.3 Å². The number of carbonyl (C=O) groups is 2. The van der Waals surface area contributed by atoms with Crippen LogP contribution in [0, 0.1) is 11.6 Å². The second-order valence-corrected chi connectivity index (χ2v) is 4.69. The molecule has 7 heteroatoms. The molecule has 0 saturated heterocycles. The van der Waals surface area contributed by atoms with Crippen LogP contribution in [0.5, 0.6) is 0 Å². The lowest BCUT2D eigenvalue weighted by Gasteiger charge is -2.13. The molecule has 0 aromatic heterocycles. The standard InChI is InChI=1S/C14H18F2N2O3/c1-3-4-8(2)18-13(19)7-21-14(20)9-5-11(16)12(17)6-10(9)15/h5-6,8H,3-4,7,17H2,1-2H3,(H,18,19). The van der Waals surface area contributed by atoms with Crippen LogP contribution in [0.2, 0.25) is 0 Å². The van der Waals surface area contributed by atoms with Crippen molar-refractivity contribution in [3.8, 4) is 0 Å². The zero-order valence-electron chi connectivity index (χ0n) is 11.9. The molecule has 1 amide bonds. The highest BCUT2D eigenvalue weighted by molar-refractivity contribution is 5.92.